The van der Waals surface area contributed by atoms with Crippen molar-refractivity contribution >= 4 is 50.7 Å². The summed E-state index contributed by atoms with van der Waals surface area (Å²) in [5.74, 6) is -0.218. The molecule has 0 radical (unpaired) electrons. The van der Waals surface area contributed by atoms with Gasteiger partial charge in [0.15, 0.2) is 5.78 Å². The lowest BCUT2D eigenvalue weighted by Crippen LogP contribution is -2.11. The van der Waals surface area contributed by atoms with Gasteiger partial charge >= 0.3 is 0 Å². The number of aromatic amines is 1. The SMILES string of the molecule is CS(=O)CC(=O)c1[nH]c2ccc(Cl)cc2c1-c1ccc(Cl)cc1. The third kappa shape index (κ3) is 3.34. The van der Waals surface area contributed by atoms with E-state index in [0.29, 0.717) is 15.7 Å². The van der Waals surface area contributed by atoms with Crippen LogP contribution in [0.5, 0.6) is 0 Å². The first-order chi connectivity index (χ1) is 11.0. The van der Waals surface area contributed by atoms with E-state index in [1.807, 2.05) is 24.3 Å². The number of carbonyl (C=O) groups is 1. The van der Waals surface area contributed by atoms with Gasteiger partial charge in [-0.3, -0.25) is 9.00 Å². The number of fused-ring (bicyclic) bond motifs is 1. The van der Waals surface area contributed by atoms with E-state index < -0.39 is 10.8 Å². The van der Waals surface area contributed by atoms with Gasteiger partial charge in [-0.05, 0) is 35.9 Å². The average Bonchev–Trinajstić information content (AvgIpc) is 2.86. The van der Waals surface area contributed by atoms with E-state index in [1.165, 1.54) is 6.26 Å². The summed E-state index contributed by atoms with van der Waals surface area (Å²) in [6.07, 6.45) is 1.51. The van der Waals surface area contributed by atoms with Crippen LogP contribution in [0.2, 0.25) is 10.0 Å². The lowest BCUT2D eigenvalue weighted by molar-refractivity contribution is 0.101. The normalized spacial score (nSPS) is 12.5. The molecule has 0 bridgehead atoms. The van der Waals surface area contributed by atoms with E-state index in [2.05, 4.69) is 4.98 Å². The molecule has 118 valence electrons. The highest BCUT2D eigenvalue weighted by Gasteiger charge is 2.20. The van der Waals surface area contributed by atoms with Crippen molar-refractivity contribution in [1.29, 1.82) is 0 Å². The van der Waals surface area contributed by atoms with Crippen molar-refractivity contribution in [3.63, 3.8) is 0 Å². The van der Waals surface area contributed by atoms with Crippen LogP contribution in [0.15, 0.2) is 42.5 Å². The molecule has 3 nitrogen and oxygen atoms in total. The van der Waals surface area contributed by atoms with Crippen molar-refractivity contribution in [2.24, 2.45) is 0 Å². The zero-order valence-corrected chi connectivity index (χ0v) is 14.6. The van der Waals surface area contributed by atoms with Crippen molar-refractivity contribution in [2.75, 3.05) is 12.0 Å². The first kappa shape index (κ1) is 16.2. The number of ketones is 1. The molecule has 0 saturated carbocycles. The summed E-state index contributed by atoms with van der Waals surface area (Å²) >= 11 is 12.1. The highest BCUT2D eigenvalue weighted by atomic mass is 35.5. The quantitative estimate of drug-likeness (QED) is 0.681. The van der Waals surface area contributed by atoms with Gasteiger partial charge in [-0.15, -0.1) is 0 Å². The topological polar surface area (TPSA) is 49.9 Å². The third-order valence-corrected chi connectivity index (χ3v) is 4.66. The number of carbonyl (C=O) groups excluding carboxylic acids is 1. The number of Topliss-reactive ketones (excluding diaryl/α,β-unsaturated/α-hetero) is 1. The van der Waals surface area contributed by atoms with E-state index in [9.17, 15) is 9.00 Å². The zero-order chi connectivity index (χ0) is 16.6. The van der Waals surface area contributed by atoms with E-state index in [4.69, 9.17) is 23.2 Å². The van der Waals surface area contributed by atoms with Crippen molar-refractivity contribution in [3.05, 3.63) is 58.2 Å². The Bertz CT molecular complexity index is 916. The van der Waals surface area contributed by atoms with Crippen molar-refractivity contribution in [3.8, 4) is 11.1 Å². The van der Waals surface area contributed by atoms with Gasteiger partial charge in [0.1, 0.15) is 0 Å². The minimum atomic E-state index is -1.21. The van der Waals surface area contributed by atoms with Gasteiger partial charge in [0.2, 0.25) is 0 Å². The van der Waals surface area contributed by atoms with Gasteiger partial charge in [-0.2, -0.15) is 0 Å². The van der Waals surface area contributed by atoms with E-state index in [-0.39, 0.29) is 11.5 Å². The average molecular weight is 366 g/mol. The number of hydrogen-bond acceptors (Lipinski definition) is 2. The fourth-order valence-corrected chi connectivity index (χ4v) is 3.36. The standard InChI is InChI=1S/C17H13Cl2NO2S/c1-23(22)9-15(21)17-16(10-2-4-11(18)5-3-10)13-8-12(19)6-7-14(13)20-17/h2-8,20H,9H2,1H3. The highest BCUT2D eigenvalue weighted by molar-refractivity contribution is 7.85. The molecule has 1 atom stereocenters. The maximum absolute atomic E-state index is 12.5. The Kier molecular flexibility index (Phi) is 4.57. The molecule has 23 heavy (non-hydrogen) atoms. The van der Waals surface area contributed by atoms with E-state index in [1.54, 1.807) is 18.2 Å². The fraction of sp³-hybridized carbons (Fsp3) is 0.118. The number of H-pyrrole nitrogens is 1. The molecular formula is C17H13Cl2NO2S. The minimum absolute atomic E-state index is 0.0266. The lowest BCUT2D eigenvalue weighted by atomic mass is 10.0. The molecule has 0 fully saturated rings. The Morgan fingerprint density at radius 1 is 1.09 bits per heavy atom. The molecule has 0 aliphatic rings. The predicted molar refractivity (Wildman–Crippen MR) is 97.0 cm³/mol. The maximum Gasteiger partial charge on any atom is 0.192 e. The summed E-state index contributed by atoms with van der Waals surface area (Å²) < 4.78 is 11.4. The van der Waals surface area contributed by atoms with Crippen molar-refractivity contribution in [1.82, 2.24) is 4.98 Å². The van der Waals surface area contributed by atoms with Crippen LogP contribution in [0.3, 0.4) is 0 Å². The van der Waals surface area contributed by atoms with Gasteiger partial charge in [-0.25, -0.2) is 0 Å². The molecule has 0 spiro atoms. The first-order valence-electron chi connectivity index (χ1n) is 6.86. The summed E-state index contributed by atoms with van der Waals surface area (Å²) in [5, 5.41) is 2.06. The lowest BCUT2D eigenvalue weighted by Gasteiger charge is -2.05. The van der Waals surface area contributed by atoms with Crippen LogP contribution in [0, 0.1) is 0 Å². The Balaban J connectivity index is 2.26. The van der Waals surface area contributed by atoms with Gasteiger partial charge in [0.05, 0.1) is 11.4 Å². The Morgan fingerprint density at radius 2 is 1.74 bits per heavy atom. The van der Waals surface area contributed by atoms with Gasteiger partial charge in [0, 0.05) is 43.6 Å². The molecule has 0 amide bonds. The smallest absolute Gasteiger partial charge is 0.192 e. The van der Waals surface area contributed by atoms with E-state index >= 15 is 0 Å². The Labute approximate surface area is 146 Å². The van der Waals surface area contributed by atoms with Crippen LogP contribution in [0.25, 0.3) is 22.0 Å². The summed E-state index contributed by atoms with van der Waals surface area (Å²) in [6, 6.07) is 12.7. The third-order valence-electron chi connectivity index (χ3n) is 3.51. The van der Waals surface area contributed by atoms with Gasteiger partial charge < -0.3 is 4.98 Å². The molecule has 1 unspecified atom stereocenters. The molecule has 0 aliphatic carbocycles. The van der Waals surface area contributed by atoms with Crippen LogP contribution in [0.4, 0.5) is 0 Å². The minimum Gasteiger partial charge on any atom is -0.352 e. The van der Waals surface area contributed by atoms with Crippen LogP contribution in [-0.2, 0) is 10.8 Å². The molecule has 3 rings (SSSR count). The molecule has 2 aromatic carbocycles. The number of benzene rings is 2. The molecule has 0 saturated heterocycles. The number of nitrogens with one attached hydrogen (secondary N) is 1. The maximum atomic E-state index is 12.5. The molecule has 6 heteroatoms. The van der Waals surface area contributed by atoms with Gasteiger partial charge in [-0.1, -0.05) is 35.3 Å². The largest absolute Gasteiger partial charge is 0.352 e. The summed E-state index contributed by atoms with van der Waals surface area (Å²) in [4.78, 5) is 15.6. The molecule has 1 heterocycles. The summed E-state index contributed by atoms with van der Waals surface area (Å²) in [6.45, 7) is 0. The molecule has 1 N–H and O–H groups in total. The van der Waals surface area contributed by atoms with Crippen LogP contribution >= 0.6 is 23.2 Å². The fourth-order valence-electron chi connectivity index (χ4n) is 2.55. The summed E-state index contributed by atoms with van der Waals surface area (Å²) in [5.41, 5.74) is 2.87. The van der Waals surface area contributed by atoms with Gasteiger partial charge in [0.25, 0.3) is 0 Å². The molecule has 1 aromatic heterocycles. The molecule has 3 aromatic rings. The highest BCUT2D eigenvalue weighted by Crippen LogP contribution is 2.35. The van der Waals surface area contributed by atoms with Crippen LogP contribution in [-0.4, -0.2) is 27.0 Å². The predicted octanol–water partition coefficient (Wildman–Crippen LogP) is 4.70. The van der Waals surface area contributed by atoms with Crippen LogP contribution < -0.4 is 0 Å². The number of hydrogen-bond donors (Lipinski definition) is 1. The number of aromatic nitrogens is 1. The number of rotatable bonds is 4. The number of halogens is 2. The second kappa shape index (κ2) is 6.48. The summed E-state index contributed by atoms with van der Waals surface area (Å²) in [7, 11) is -1.21. The van der Waals surface area contributed by atoms with Crippen LogP contribution in [0.1, 0.15) is 10.5 Å². The zero-order valence-electron chi connectivity index (χ0n) is 12.2. The second-order valence-electron chi connectivity index (χ2n) is 5.21. The van der Waals surface area contributed by atoms with Crippen molar-refractivity contribution in [2.45, 2.75) is 0 Å². The Morgan fingerprint density at radius 3 is 2.39 bits per heavy atom. The molecule has 0 aliphatic heterocycles. The Hall–Kier alpha value is -1.62. The monoisotopic (exact) mass is 365 g/mol. The van der Waals surface area contributed by atoms with E-state index in [0.717, 1.165) is 22.0 Å². The first-order valence-corrected chi connectivity index (χ1v) is 9.34. The van der Waals surface area contributed by atoms with Crippen molar-refractivity contribution < 1.29 is 9.00 Å². The second-order valence-corrected chi connectivity index (χ2v) is 7.52. The molecular weight excluding hydrogens is 353 g/mol.